The van der Waals surface area contributed by atoms with Crippen molar-refractivity contribution in [3.63, 3.8) is 0 Å². The van der Waals surface area contributed by atoms with Crippen LogP contribution in [0.4, 0.5) is 0 Å². The summed E-state index contributed by atoms with van der Waals surface area (Å²) in [6, 6.07) is 3.74. The van der Waals surface area contributed by atoms with Crippen molar-refractivity contribution in [3.8, 4) is 0 Å². The number of esters is 1. The molecule has 7 heteroatoms. The number of methoxy groups -OCH3 is 1. The van der Waals surface area contributed by atoms with E-state index in [2.05, 4.69) is 20.9 Å². The van der Waals surface area contributed by atoms with Crippen molar-refractivity contribution in [3.05, 3.63) is 28.5 Å². The fraction of sp³-hybridized carbons (Fsp3) is 0.600. The van der Waals surface area contributed by atoms with Crippen LogP contribution in [0.1, 0.15) is 45.5 Å². The normalized spacial score (nSPS) is 20.7. The van der Waals surface area contributed by atoms with Gasteiger partial charge in [-0.05, 0) is 61.3 Å². The molecule has 1 aliphatic heterocycles. The molecule has 1 aromatic rings. The van der Waals surface area contributed by atoms with Gasteiger partial charge in [-0.3, -0.25) is 4.79 Å². The average molecular weight is 370 g/mol. The summed E-state index contributed by atoms with van der Waals surface area (Å²) >= 11 is 3.36. The van der Waals surface area contributed by atoms with Crippen LogP contribution >= 0.6 is 15.9 Å². The molecule has 0 spiro atoms. The molecule has 0 saturated carbocycles. The zero-order valence-electron chi connectivity index (χ0n) is 13.6. The Morgan fingerprint density at radius 1 is 1.36 bits per heavy atom. The van der Waals surface area contributed by atoms with Crippen molar-refractivity contribution in [2.45, 2.75) is 51.1 Å². The van der Waals surface area contributed by atoms with Gasteiger partial charge in [-0.25, -0.2) is 4.98 Å². The number of aromatic nitrogens is 1. The van der Waals surface area contributed by atoms with Crippen molar-refractivity contribution in [1.29, 1.82) is 0 Å². The number of rotatable bonds is 4. The fourth-order valence-electron chi connectivity index (χ4n) is 2.34. The van der Waals surface area contributed by atoms with E-state index in [9.17, 15) is 4.79 Å². The van der Waals surface area contributed by atoms with Gasteiger partial charge in [0.2, 0.25) is 0 Å². The molecule has 0 radical (unpaired) electrons. The number of ether oxygens (including phenoxy) is 1. The van der Waals surface area contributed by atoms with E-state index < -0.39 is 18.3 Å². The second-order valence-corrected chi connectivity index (χ2v) is 7.24. The number of hydrogen-bond acceptors (Lipinski definition) is 5. The lowest BCUT2D eigenvalue weighted by molar-refractivity contribution is -0.140. The Labute approximate surface area is 140 Å². The molecule has 0 aromatic carbocycles. The smallest absolute Gasteiger partial charge is 0.466 e. The summed E-state index contributed by atoms with van der Waals surface area (Å²) < 4.78 is 17.7. The van der Waals surface area contributed by atoms with Crippen LogP contribution in [0.2, 0.25) is 0 Å². The van der Waals surface area contributed by atoms with Gasteiger partial charge in [0.05, 0.1) is 24.7 Å². The Hall–Kier alpha value is -0.915. The van der Waals surface area contributed by atoms with Gasteiger partial charge in [0.25, 0.3) is 0 Å². The molecule has 2 rings (SSSR count). The third-order valence-corrected chi connectivity index (χ3v) is 4.83. The highest BCUT2D eigenvalue weighted by molar-refractivity contribution is 9.10. The van der Waals surface area contributed by atoms with E-state index in [0.717, 1.165) is 5.56 Å². The maximum atomic E-state index is 11.8. The first-order chi connectivity index (χ1) is 10.2. The van der Waals surface area contributed by atoms with E-state index in [1.807, 2.05) is 39.8 Å². The first-order valence-electron chi connectivity index (χ1n) is 7.20. The summed E-state index contributed by atoms with van der Waals surface area (Å²) in [4.78, 5) is 15.9. The third-order valence-electron chi connectivity index (χ3n) is 4.39. The van der Waals surface area contributed by atoms with Gasteiger partial charge < -0.3 is 14.0 Å². The largest absolute Gasteiger partial charge is 0.469 e. The van der Waals surface area contributed by atoms with Crippen LogP contribution in [0.3, 0.4) is 0 Å². The number of carbonyl (C=O) groups is 1. The molecular formula is C15H21BBrNO4. The molecule has 1 aliphatic rings. The molecule has 1 saturated heterocycles. The molecule has 5 nitrogen and oxygen atoms in total. The molecule has 120 valence electrons. The molecule has 1 aromatic heterocycles. The second kappa shape index (κ2) is 6.30. The molecule has 1 unspecified atom stereocenters. The van der Waals surface area contributed by atoms with Crippen LogP contribution in [0.5, 0.6) is 0 Å². The maximum Gasteiger partial charge on any atom is 0.466 e. The first-order valence-corrected chi connectivity index (χ1v) is 7.99. The van der Waals surface area contributed by atoms with Gasteiger partial charge in [0, 0.05) is 12.0 Å². The molecule has 0 N–H and O–H groups in total. The average Bonchev–Trinajstić information content (AvgIpc) is 2.64. The van der Waals surface area contributed by atoms with Crippen LogP contribution in [0, 0.1) is 0 Å². The fourth-order valence-corrected chi connectivity index (χ4v) is 2.72. The lowest BCUT2D eigenvalue weighted by Crippen LogP contribution is -2.41. The predicted molar refractivity (Wildman–Crippen MR) is 87.4 cm³/mol. The van der Waals surface area contributed by atoms with Crippen LogP contribution in [0.25, 0.3) is 0 Å². The Bertz CT molecular complexity index is 548. The van der Waals surface area contributed by atoms with Gasteiger partial charge >= 0.3 is 13.1 Å². The van der Waals surface area contributed by atoms with Crippen molar-refractivity contribution in [2.75, 3.05) is 7.11 Å². The second-order valence-electron chi connectivity index (χ2n) is 6.42. The van der Waals surface area contributed by atoms with Crippen LogP contribution < -0.4 is 0 Å². The van der Waals surface area contributed by atoms with E-state index >= 15 is 0 Å². The van der Waals surface area contributed by atoms with Gasteiger partial charge in [0.1, 0.15) is 4.60 Å². The molecule has 0 bridgehead atoms. The van der Waals surface area contributed by atoms with Crippen molar-refractivity contribution < 1.29 is 18.8 Å². The minimum Gasteiger partial charge on any atom is -0.469 e. The SMILES string of the molecule is COC(=O)CC(B1OC(C)(C)C(C)(C)O1)c1ccnc(Br)c1. The van der Waals surface area contributed by atoms with Crippen molar-refractivity contribution >= 4 is 29.0 Å². The standard InChI is InChI=1S/C15H21BBrNO4/c1-14(2)15(3,4)22-16(21-14)11(9-13(19)20-5)10-6-7-18-12(17)8-10/h6-8,11H,9H2,1-5H3. The molecule has 1 atom stereocenters. The molecule has 22 heavy (non-hydrogen) atoms. The zero-order valence-corrected chi connectivity index (χ0v) is 15.1. The lowest BCUT2D eigenvalue weighted by Gasteiger charge is -2.32. The van der Waals surface area contributed by atoms with Crippen LogP contribution in [-0.4, -0.2) is 36.4 Å². The minimum atomic E-state index is -0.515. The predicted octanol–water partition coefficient (Wildman–Crippen LogP) is 3.12. The van der Waals surface area contributed by atoms with Crippen LogP contribution in [0.15, 0.2) is 22.9 Å². The minimum absolute atomic E-state index is 0.184. The summed E-state index contributed by atoms with van der Waals surface area (Å²) in [7, 11) is 0.866. The Morgan fingerprint density at radius 3 is 2.45 bits per heavy atom. The number of hydrogen-bond donors (Lipinski definition) is 0. The molecule has 0 aliphatic carbocycles. The van der Waals surface area contributed by atoms with Gasteiger partial charge in [-0.1, -0.05) is 0 Å². The summed E-state index contributed by atoms with van der Waals surface area (Å²) in [6.45, 7) is 7.96. The summed E-state index contributed by atoms with van der Waals surface area (Å²) in [5.41, 5.74) is 0.0258. The Balaban J connectivity index is 2.32. The monoisotopic (exact) mass is 369 g/mol. The van der Waals surface area contributed by atoms with Crippen molar-refractivity contribution in [2.24, 2.45) is 0 Å². The number of carbonyl (C=O) groups excluding carboxylic acids is 1. The van der Waals surface area contributed by atoms with E-state index in [4.69, 9.17) is 14.0 Å². The third kappa shape index (κ3) is 3.52. The number of nitrogens with zero attached hydrogens (tertiary/aromatic N) is 1. The van der Waals surface area contributed by atoms with Gasteiger partial charge in [-0.2, -0.15) is 0 Å². The topological polar surface area (TPSA) is 57.7 Å². The summed E-state index contributed by atoms with van der Waals surface area (Å²) in [6.07, 6.45) is 1.87. The number of pyridine rings is 1. The molecule has 2 heterocycles. The van der Waals surface area contributed by atoms with E-state index in [-0.39, 0.29) is 18.2 Å². The lowest BCUT2D eigenvalue weighted by atomic mass is 9.66. The highest BCUT2D eigenvalue weighted by Crippen LogP contribution is 2.41. The maximum absolute atomic E-state index is 11.8. The molecular weight excluding hydrogens is 349 g/mol. The summed E-state index contributed by atoms with van der Waals surface area (Å²) in [5.74, 6) is -0.555. The quantitative estimate of drug-likeness (QED) is 0.463. The van der Waals surface area contributed by atoms with Gasteiger partial charge in [-0.15, -0.1) is 0 Å². The molecule has 0 amide bonds. The Morgan fingerprint density at radius 2 is 1.95 bits per heavy atom. The first kappa shape index (κ1) is 17.4. The number of halogens is 1. The van der Waals surface area contributed by atoms with E-state index in [0.29, 0.717) is 4.60 Å². The summed E-state index contributed by atoms with van der Waals surface area (Å²) in [5, 5.41) is 0. The van der Waals surface area contributed by atoms with Crippen molar-refractivity contribution in [1.82, 2.24) is 4.98 Å². The van der Waals surface area contributed by atoms with Crippen LogP contribution in [-0.2, 0) is 18.8 Å². The van der Waals surface area contributed by atoms with E-state index in [1.165, 1.54) is 7.11 Å². The van der Waals surface area contributed by atoms with E-state index in [1.54, 1.807) is 6.20 Å². The highest BCUT2D eigenvalue weighted by Gasteiger charge is 2.54. The highest BCUT2D eigenvalue weighted by atomic mass is 79.9. The zero-order chi connectivity index (χ0) is 16.5. The molecule has 1 fully saturated rings. The Kier molecular flexibility index (Phi) is 4.99. The van der Waals surface area contributed by atoms with Gasteiger partial charge in [0.15, 0.2) is 0 Å².